The minimum absolute atomic E-state index is 0.208. The average Bonchev–Trinajstić information content (AvgIpc) is 2.96. The van der Waals surface area contributed by atoms with Crippen LogP contribution in [0.3, 0.4) is 0 Å². The SMILES string of the molecule is CO[C@@H]1[C@@H](OC)[C@H](C)O[C@@H](OC[C@@H](O)[C@@H](OC)[C@H](OC)[C@H](CO)O[C@@H]2O[C@@H](C)[C@H](OC)[C@@H](OC)[C@H]2OC)[C@@H]1OC. The second kappa shape index (κ2) is 17.5. The molecule has 14 atom stereocenters. The van der Waals surface area contributed by atoms with Crippen LogP contribution in [0.2, 0.25) is 0 Å². The molecule has 0 bridgehead atoms. The van der Waals surface area contributed by atoms with Crippen molar-refractivity contribution in [3.8, 4) is 0 Å². The van der Waals surface area contributed by atoms with Gasteiger partial charge in [-0.3, -0.25) is 0 Å². The van der Waals surface area contributed by atoms with Crippen molar-refractivity contribution in [2.75, 3.05) is 70.1 Å². The molecule has 0 aliphatic carbocycles. The predicted molar refractivity (Wildman–Crippen MR) is 139 cm³/mol. The number of methoxy groups -OCH3 is 8. The van der Waals surface area contributed by atoms with Gasteiger partial charge in [0, 0.05) is 56.9 Å². The highest BCUT2D eigenvalue weighted by Gasteiger charge is 2.49. The fourth-order valence-corrected chi connectivity index (χ4v) is 5.57. The number of aliphatic hydroxyl groups is 2. The maximum absolute atomic E-state index is 11.1. The van der Waals surface area contributed by atoms with Crippen molar-refractivity contribution >= 4 is 0 Å². The molecule has 2 rings (SSSR count). The molecule has 0 aromatic carbocycles. The second-order valence-corrected chi connectivity index (χ2v) is 9.78. The van der Waals surface area contributed by atoms with Gasteiger partial charge in [-0.05, 0) is 13.8 Å². The lowest BCUT2D eigenvalue weighted by Gasteiger charge is -2.45. The Hall–Kier alpha value is -0.560. The van der Waals surface area contributed by atoms with E-state index in [9.17, 15) is 10.2 Å². The molecular formula is C26H50O14. The van der Waals surface area contributed by atoms with Gasteiger partial charge in [0.25, 0.3) is 0 Å². The monoisotopic (exact) mass is 586 g/mol. The fourth-order valence-electron chi connectivity index (χ4n) is 5.57. The third kappa shape index (κ3) is 8.08. The van der Waals surface area contributed by atoms with Gasteiger partial charge in [0.15, 0.2) is 12.6 Å². The van der Waals surface area contributed by atoms with E-state index in [2.05, 4.69) is 0 Å². The average molecular weight is 587 g/mol. The van der Waals surface area contributed by atoms with Crippen LogP contribution in [0.5, 0.6) is 0 Å². The molecule has 14 heteroatoms. The molecule has 0 aromatic rings. The molecule has 2 heterocycles. The van der Waals surface area contributed by atoms with E-state index in [4.69, 9.17) is 56.8 Å². The quantitative estimate of drug-likeness (QED) is 0.222. The van der Waals surface area contributed by atoms with Crippen molar-refractivity contribution in [2.45, 2.75) is 99.7 Å². The summed E-state index contributed by atoms with van der Waals surface area (Å²) in [6, 6.07) is 0. The van der Waals surface area contributed by atoms with Gasteiger partial charge in [0.2, 0.25) is 0 Å². The maximum Gasteiger partial charge on any atom is 0.187 e. The summed E-state index contributed by atoms with van der Waals surface area (Å²) < 4.78 is 68.8. The first-order valence-corrected chi connectivity index (χ1v) is 13.3. The lowest BCUT2D eigenvalue weighted by Crippen LogP contribution is -2.61. The molecule has 0 spiro atoms. The van der Waals surface area contributed by atoms with Gasteiger partial charge in [0.1, 0.15) is 61.0 Å². The molecule has 0 unspecified atom stereocenters. The summed E-state index contributed by atoms with van der Waals surface area (Å²) in [6.07, 6.45) is -9.65. The second-order valence-electron chi connectivity index (χ2n) is 9.78. The highest BCUT2D eigenvalue weighted by molar-refractivity contribution is 4.93. The number of hydrogen-bond donors (Lipinski definition) is 2. The van der Waals surface area contributed by atoms with Crippen molar-refractivity contribution < 1.29 is 67.1 Å². The summed E-state index contributed by atoms with van der Waals surface area (Å²) in [7, 11) is 12.1. The minimum Gasteiger partial charge on any atom is -0.394 e. The zero-order chi connectivity index (χ0) is 30.0. The molecule has 14 nitrogen and oxygen atoms in total. The van der Waals surface area contributed by atoms with Crippen LogP contribution in [0.15, 0.2) is 0 Å². The molecule has 2 fully saturated rings. The van der Waals surface area contributed by atoms with E-state index >= 15 is 0 Å². The fraction of sp³-hybridized carbons (Fsp3) is 1.00. The van der Waals surface area contributed by atoms with Gasteiger partial charge in [-0.25, -0.2) is 0 Å². The van der Waals surface area contributed by atoms with Gasteiger partial charge in [0.05, 0.1) is 25.4 Å². The zero-order valence-corrected chi connectivity index (χ0v) is 25.3. The van der Waals surface area contributed by atoms with Crippen molar-refractivity contribution in [3.05, 3.63) is 0 Å². The third-order valence-electron chi connectivity index (χ3n) is 7.62. The Morgan fingerprint density at radius 1 is 0.600 bits per heavy atom. The van der Waals surface area contributed by atoms with Crippen LogP contribution in [0.4, 0.5) is 0 Å². The lowest BCUT2D eigenvalue weighted by atomic mass is 9.98. The zero-order valence-electron chi connectivity index (χ0n) is 25.3. The van der Waals surface area contributed by atoms with E-state index in [1.54, 1.807) is 28.4 Å². The Balaban J connectivity index is 2.14. The summed E-state index contributed by atoms with van der Waals surface area (Å²) in [4.78, 5) is 0. The Morgan fingerprint density at radius 2 is 1.02 bits per heavy atom. The molecule has 0 radical (unpaired) electrons. The Bertz CT molecular complexity index is 688. The highest BCUT2D eigenvalue weighted by Crippen LogP contribution is 2.30. The van der Waals surface area contributed by atoms with Gasteiger partial charge in [-0.2, -0.15) is 0 Å². The maximum atomic E-state index is 11.1. The number of ether oxygens (including phenoxy) is 12. The molecule has 0 saturated carbocycles. The van der Waals surface area contributed by atoms with Gasteiger partial charge in [-0.1, -0.05) is 0 Å². The first kappa shape index (κ1) is 35.6. The van der Waals surface area contributed by atoms with Crippen LogP contribution in [-0.4, -0.2) is 166 Å². The first-order chi connectivity index (χ1) is 19.2. The molecule has 238 valence electrons. The van der Waals surface area contributed by atoms with Gasteiger partial charge in [-0.15, -0.1) is 0 Å². The van der Waals surface area contributed by atoms with Crippen LogP contribution < -0.4 is 0 Å². The first-order valence-electron chi connectivity index (χ1n) is 13.3. The predicted octanol–water partition coefficient (Wildman–Crippen LogP) is -0.649. The van der Waals surface area contributed by atoms with Crippen LogP contribution in [0.1, 0.15) is 13.8 Å². The minimum atomic E-state index is -1.21. The highest BCUT2D eigenvalue weighted by atomic mass is 16.7. The molecule has 0 aromatic heterocycles. The normalized spacial score (nSPS) is 38.1. The smallest absolute Gasteiger partial charge is 0.187 e. The summed E-state index contributed by atoms with van der Waals surface area (Å²) in [5, 5.41) is 21.4. The number of aliphatic hydroxyl groups excluding tert-OH is 2. The van der Waals surface area contributed by atoms with E-state index in [-0.39, 0.29) is 18.8 Å². The molecular weight excluding hydrogens is 536 g/mol. The van der Waals surface area contributed by atoms with E-state index < -0.39 is 80.2 Å². The summed E-state index contributed by atoms with van der Waals surface area (Å²) in [5.41, 5.74) is 0. The van der Waals surface area contributed by atoms with Crippen LogP contribution in [-0.2, 0) is 56.8 Å². The Labute approximate surface area is 237 Å². The van der Waals surface area contributed by atoms with Crippen molar-refractivity contribution in [2.24, 2.45) is 0 Å². The van der Waals surface area contributed by atoms with E-state index in [1.165, 1.54) is 28.4 Å². The molecule has 40 heavy (non-hydrogen) atoms. The van der Waals surface area contributed by atoms with E-state index in [0.717, 1.165) is 0 Å². The topological polar surface area (TPSA) is 151 Å². The number of rotatable bonds is 17. The lowest BCUT2D eigenvalue weighted by molar-refractivity contribution is -0.328. The largest absolute Gasteiger partial charge is 0.394 e. The third-order valence-corrected chi connectivity index (χ3v) is 7.62. The summed E-state index contributed by atoms with van der Waals surface area (Å²) >= 11 is 0. The van der Waals surface area contributed by atoms with Gasteiger partial charge < -0.3 is 67.1 Å². The van der Waals surface area contributed by atoms with Crippen LogP contribution in [0, 0.1) is 0 Å². The van der Waals surface area contributed by atoms with E-state index in [1.807, 2.05) is 13.8 Å². The molecule has 2 aliphatic rings. The van der Waals surface area contributed by atoms with Crippen molar-refractivity contribution in [3.63, 3.8) is 0 Å². The Kier molecular flexibility index (Phi) is 15.6. The molecule has 2 aliphatic heterocycles. The summed E-state index contributed by atoms with van der Waals surface area (Å²) in [5.74, 6) is 0. The standard InChI is InChI=1S/C26H50O14/c1-13-17(29-3)21(33-7)23(35-9)25(38-13)37-12-15(28)19(31-5)20(32-6)16(11-27)40-26-24(36-10)22(34-8)18(30-4)14(2)39-26/h13-28H,11-12H2,1-10H3/t13-,14-,15+,16-,17-,18-,19+,20+,21+,22+,23+,24+,25+,26-/m0/s1. The summed E-state index contributed by atoms with van der Waals surface area (Å²) in [6.45, 7) is 2.99. The van der Waals surface area contributed by atoms with E-state index in [0.29, 0.717) is 0 Å². The number of hydrogen-bond acceptors (Lipinski definition) is 14. The van der Waals surface area contributed by atoms with Crippen LogP contribution >= 0.6 is 0 Å². The van der Waals surface area contributed by atoms with Gasteiger partial charge >= 0.3 is 0 Å². The Morgan fingerprint density at radius 3 is 1.43 bits per heavy atom. The molecule has 2 saturated heterocycles. The van der Waals surface area contributed by atoms with Crippen molar-refractivity contribution in [1.82, 2.24) is 0 Å². The van der Waals surface area contributed by atoms with Crippen LogP contribution in [0.25, 0.3) is 0 Å². The van der Waals surface area contributed by atoms with Crippen molar-refractivity contribution in [1.29, 1.82) is 0 Å². The molecule has 0 amide bonds. The molecule has 2 N–H and O–H groups in total.